The van der Waals surface area contributed by atoms with Gasteiger partial charge in [-0.15, -0.1) is 0 Å². The van der Waals surface area contributed by atoms with Gasteiger partial charge in [0.05, 0.1) is 0 Å². The number of carbonyl (C=O) groups is 1. The van der Waals surface area contributed by atoms with Gasteiger partial charge in [-0.3, -0.25) is 9.80 Å². The van der Waals surface area contributed by atoms with Crippen LogP contribution in [0.25, 0.3) is 0 Å². The van der Waals surface area contributed by atoms with Crippen LogP contribution in [0.15, 0.2) is 18.2 Å². The quantitative estimate of drug-likeness (QED) is 0.917. The van der Waals surface area contributed by atoms with Crippen LogP contribution in [0.3, 0.4) is 0 Å². The van der Waals surface area contributed by atoms with Gasteiger partial charge < -0.3 is 10.0 Å². The second-order valence-corrected chi connectivity index (χ2v) is 6.93. The third-order valence-corrected chi connectivity index (χ3v) is 4.89. The van der Waals surface area contributed by atoms with Crippen LogP contribution in [0.4, 0.5) is 4.79 Å². The normalized spacial score (nSPS) is 20.1. The summed E-state index contributed by atoms with van der Waals surface area (Å²) in [6, 6.07) is 6.33. The van der Waals surface area contributed by atoms with Crippen molar-refractivity contribution in [3.8, 4) is 0 Å². The highest BCUT2D eigenvalue weighted by molar-refractivity contribution is 6.30. The van der Waals surface area contributed by atoms with Crippen molar-refractivity contribution in [1.82, 2.24) is 14.7 Å². The highest BCUT2D eigenvalue weighted by atomic mass is 35.5. The van der Waals surface area contributed by atoms with Crippen LogP contribution in [-0.2, 0) is 13.1 Å². The van der Waals surface area contributed by atoms with Crippen molar-refractivity contribution in [2.24, 2.45) is 0 Å². The molecular weight excluding hydrogens is 314 g/mol. The molecule has 5 nitrogen and oxygen atoms in total. The Bertz CT molecular complexity index is 553. The van der Waals surface area contributed by atoms with Gasteiger partial charge in [0.15, 0.2) is 0 Å². The molecule has 23 heavy (non-hydrogen) atoms. The molecule has 0 radical (unpaired) electrons. The van der Waals surface area contributed by atoms with E-state index in [-0.39, 0.29) is 0 Å². The maximum Gasteiger partial charge on any atom is 0.407 e. The molecular formula is C17H24ClN3O2. The van der Waals surface area contributed by atoms with Crippen LogP contribution in [0.2, 0.25) is 5.02 Å². The second kappa shape index (κ2) is 7.51. The van der Waals surface area contributed by atoms with Crippen molar-refractivity contribution in [1.29, 1.82) is 0 Å². The maximum atomic E-state index is 11.0. The minimum absolute atomic E-state index is 0.580. The zero-order valence-electron chi connectivity index (χ0n) is 13.4. The number of hydrogen-bond acceptors (Lipinski definition) is 3. The summed E-state index contributed by atoms with van der Waals surface area (Å²) < 4.78 is 0. The van der Waals surface area contributed by atoms with Gasteiger partial charge in [-0.2, -0.15) is 0 Å². The molecule has 0 atom stereocenters. The number of nitrogens with zero attached hydrogens (tertiary/aromatic N) is 3. The molecule has 2 heterocycles. The van der Waals surface area contributed by atoms with Gasteiger partial charge >= 0.3 is 6.09 Å². The Labute approximate surface area is 142 Å². The van der Waals surface area contributed by atoms with Gasteiger partial charge in [0.2, 0.25) is 0 Å². The van der Waals surface area contributed by atoms with E-state index in [1.807, 2.05) is 6.07 Å². The fourth-order valence-corrected chi connectivity index (χ4v) is 3.73. The summed E-state index contributed by atoms with van der Waals surface area (Å²) in [5.74, 6) is 0. The van der Waals surface area contributed by atoms with Gasteiger partial charge in [-0.25, -0.2) is 4.79 Å². The predicted molar refractivity (Wildman–Crippen MR) is 90.8 cm³/mol. The number of hydrogen-bond donors (Lipinski definition) is 1. The Hall–Kier alpha value is -1.30. The number of carboxylic acid groups (broad SMARTS) is 1. The van der Waals surface area contributed by atoms with E-state index >= 15 is 0 Å². The van der Waals surface area contributed by atoms with Crippen molar-refractivity contribution in [3.63, 3.8) is 0 Å². The highest BCUT2D eigenvalue weighted by Gasteiger charge is 2.20. The smallest absolute Gasteiger partial charge is 0.407 e. The van der Waals surface area contributed by atoms with E-state index in [0.29, 0.717) is 13.1 Å². The van der Waals surface area contributed by atoms with E-state index in [1.165, 1.54) is 42.0 Å². The Balaban J connectivity index is 1.59. The molecule has 2 aliphatic heterocycles. The largest absolute Gasteiger partial charge is 0.465 e. The molecule has 2 fully saturated rings. The molecule has 2 aliphatic rings. The van der Waals surface area contributed by atoms with E-state index in [1.54, 1.807) is 0 Å². The molecule has 3 rings (SSSR count). The summed E-state index contributed by atoms with van der Waals surface area (Å²) >= 11 is 6.29. The Morgan fingerprint density at radius 3 is 1.96 bits per heavy atom. The van der Waals surface area contributed by atoms with Crippen molar-refractivity contribution in [3.05, 3.63) is 34.3 Å². The first-order valence-corrected chi connectivity index (χ1v) is 8.69. The molecule has 0 saturated carbocycles. The molecule has 1 amide bonds. The predicted octanol–water partition coefficient (Wildman–Crippen LogP) is 2.73. The molecule has 1 N–H and O–H groups in total. The van der Waals surface area contributed by atoms with Crippen molar-refractivity contribution >= 4 is 17.7 Å². The van der Waals surface area contributed by atoms with Crippen LogP contribution in [0, 0.1) is 0 Å². The van der Waals surface area contributed by atoms with E-state index in [2.05, 4.69) is 21.9 Å². The molecule has 0 spiro atoms. The third-order valence-electron chi connectivity index (χ3n) is 4.67. The lowest BCUT2D eigenvalue weighted by molar-refractivity contribution is 0.103. The Morgan fingerprint density at radius 2 is 1.43 bits per heavy atom. The van der Waals surface area contributed by atoms with Crippen molar-refractivity contribution in [2.75, 3.05) is 39.3 Å². The monoisotopic (exact) mass is 337 g/mol. The molecule has 0 bridgehead atoms. The van der Waals surface area contributed by atoms with Crippen LogP contribution in [-0.4, -0.2) is 65.2 Å². The van der Waals surface area contributed by atoms with Gasteiger partial charge in [0.25, 0.3) is 0 Å². The summed E-state index contributed by atoms with van der Waals surface area (Å²) in [5, 5.41) is 9.80. The molecule has 126 valence electrons. The maximum absolute atomic E-state index is 11.0. The SMILES string of the molecule is O=C(O)N1CCN(Cc2cc(Cl)cc(CN3CCCC3)c2)CC1. The lowest BCUT2D eigenvalue weighted by Gasteiger charge is -2.33. The van der Waals surface area contributed by atoms with E-state index in [4.69, 9.17) is 16.7 Å². The van der Waals surface area contributed by atoms with E-state index in [0.717, 1.165) is 31.2 Å². The summed E-state index contributed by atoms with van der Waals surface area (Å²) in [6.45, 7) is 6.88. The minimum atomic E-state index is -0.819. The summed E-state index contributed by atoms with van der Waals surface area (Å²) in [4.78, 5) is 17.2. The molecule has 6 heteroatoms. The number of piperazine rings is 1. The first-order chi connectivity index (χ1) is 11.1. The second-order valence-electron chi connectivity index (χ2n) is 6.50. The average molecular weight is 338 g/mol. The Kier molecular flexibility index (Phi) is 5.41. The third kappa shape index (κ3) is 4.59. The number of likely N-dealkylation sites (tertiary alicyclic amines) is 1. The van der Waals surface area contributed by atoms with E-state index in [9.17, 15) is 4.79 Å². The molecule has 0 unspecified atom stereocenters. The van der Waals surface area contributed by atoms with Gasteiger partial charge in [0.1, 0.15) is 0 Å². The number of benzene rings is 1. The van der Waals surface area contributed by atoms with Gasteiger partial charge in [-0.05, 0) is 49.2 Å². The van der Waals surface area contributed by atoms with Crippen molar-refractivity contribution < 1.29 is 9.90 Å². The standard InChI is InChI=1S/C17H24ClN3O2/c18-16-10-14(12-19-3-1-2-4-19)9-15(11-16)13-20-5-7-21(8-6-20)17(22)23/h9-11H,1-8,12-13H2,(H,22,23). The summed E-state index contributed by atoms with van der Waals surface area (Å²) in [6.07, 6.45) is 1.77. The summed E-state index contributed by atoms with van der Waals surface area (Å²) in [5.41, 5.74) is 2.49. The first-order valence-electron chi connectivity index (χ1n) is 8.31. The van der Waals surface area contributed by atoms with Gasteiger partial charge in [-0.1, -0.05) is 17.7 Å². The van der Waals surface area contributed by atoms with Crippen LogP contribution < -0.4 is 0 Å². The van der Waals surface area contributed by atoms with Crippen LogP contribution in [0.1, 0.15) is 24.0 Å². The average Bonchev–Trinajstić information content (AvgIpc) is 3.00. The van der Waals surface area contributed by atoms with Crippen LogP contribution in [0.5, 0.6) is 0 Å². The fourth-order valence-electron chi connectivity index (χ4n) is 3.45. The lowest BCUT2D eigenvalue weighted by Crippen LogP contribution is -2.47. The molecule has 2 saturated heterocycles. The molecule has 0 aliphatic carbocycles. The van der Waals surface area contributed by atoms with Crippen molar-refractivity contribution in [2.45, 2.75) is 25.9 Å². The number of amides is 1. The first kappa shape index (κ1) is 16.6. The number of halogens is 1. The zero-order valence-corrected chi connectivity index (χ0v) is 14.1. The fraction of sp³-hybridized carbons (Fsp3) is 0.588. The summed E-state index contributed by atoms with van der Waals surface area (Å²) in [7, 11) is 0. The van der Waals surface area contributed by atoms with Gasteiger partial charge in [0, 0.05) is 44.3 Å². The zero-order chi connectivity index (χ0) is 16.2. The topological polar surface area (TPSA) is 47.0 Å². The Morgan fingerprint density at radius 1 is 0.913 bits per heavy atom. The molecule has 1 aromatic rings. The number of rotatable bonds is 4. The highest BCUT2D eigenvalue weighted by Crippen LogP contribution is 2.20. The molecule has 0 aromatic heterocycles. The van der Waals surface area contributed by atoms with Crippen LogP contribution >= 0.6 is 11.6 Å². The minimum Gasteiger partial charge on any atom is -0.465 e. The molecule has 1 aromatic carbocycles. The lowest BCUT2D eigenvalue weighted by atomic mass is 10.1. The van der Waals surface area contributed by atoms with E-state index < -0.39 is 6.09 Å².